The lowest BCUT2D eigenvalue weighted by molar-refractivity contribution is 0.261. The Balaban J connectivity index is 1.96. The van der Waals surface area contributed by atoms with E-state index in [1.165, 1.54) is 0 Å². The minimum Gasteiger partial charge on any atom is -0.491 e. The predicted molar refractivity (Wildman–Crippen MR) is 132 cm³/mol. The highest BCUT2D eigenvalue weighted by Crippen LogP contribution is 2.40. The summed E-state index contributed by atoms with van der Waals surface area (Å²) in [5, 5.41) is 5.83. The number of halogens is 1. The van der Waals surface area contributed by atoms with Crippen molar-refractivity contribution < 1.29 is 9.53 Å². The van der Waals surface area contributed by atoms with E-state index in [0.717, 1.165) is 33.3 Å². The molecule has 0 fully saturated rings. The molecule has 160 valence electrons. The second-order valence-electron chi connectivity index (χ2n) is 7.29. The van der Waals surface area contributed by atoms with Gasteiger partial charge in [0.1, 0.15) is 5.75 Å². The summed E-state index contributed by atoms with van der Waals surface area (Å²) >= 11 is 3.59. The molecule has 0 spiro atoms. The molecule has 0 heterocycles. The zero-order chi connectivity index (χ0) is 22.2. The maximum absolute atomic E-state index is 12.7. The van der Waals surface area contributed by atoms with E-state index in [1.54, 1.807) is 0 Å². The predicted octanol–water partition coefficient (Wildman–Crippen LogP) is 7.51. The quantitative estimate of drug-likeness (QED) is 0.329. The first-order valence-corrected chi connectivity index (χ1v) is 11.1. The number of carbonyl (C=O) groups is 1. The molecular weight excluding hydrogens is 452 g/mol. The number of hydrogen-bond donors (Lipinski definition) is 2. The molecule has 0 saturated heterocycles. The zero-order valence-electron chi connectivity index (χ0n) is 17.8. The Morgan fingerprint density at radius 2 is 1.81 bits per heavy atom. The number of allylic oxidation sites excluding steroid dienone is 1. The Morgan fingerprint density at radius 3 is 2.45 bits per heavy atom. The van der Waals surface area contributed by atoms with E-state index in [0.29, 0.717) is 18.0 Å². The van der Waals surface area contributed by atoms with Crippen LogP contribution in [-0.2, 0) is 0 Å². The van der Waals surface area contributed by atoms with E-state index in [9.17, 15) is 4.79 Å². The SMILES string of the molecule is C=CC(c1ccccc1)c1cc(Br)cc(NC(=O)Nc2ccc(C)cc2)c1OCCC. The highest BCUT2D eigenvalue weighted by atomic mass is 79.9. The van der Waals surface area contributed by atoms with Gasteiger partial charge in [0.2, 0.25) is 0 Å². The normalized spacial score (nSPS) is 11.5. The molecule has 31 heavy (non-hydrogen) atoms. The van der Waals surface area contributed by atoms with Crippen LogP contribution in [0.1, 0.15) is 36.0 Å². The number of hydrogen-bond acceptors (Lipinski definition) is 2. The molecule has 0 aliphatic rings. The maximum atomic E-state index is 12.7. The summed E-state index contributed by atoms with van der Waals surface area (Å²) in [6, 6.07) is 21.3. The summed E-state index contributed by atoms with van der Waals surface area (Å²) in [6.07, 6.45) is 2.75. The van der Waals surface area contributed by atoms with E-state index >= 15 is 0 Å². The highest BCUT2D eigenvalue weighted by molar-refractivity contribution is 9.10. The number of urea groups is 1. The molecule has 3 rings (SSSR count). The third-order valence-electron chi connectivity index (χ3n) is 4.82. The van der Waals surface area contributed by atoms with Crippen molar-refractivity contribution in [2.75, 3.05) is 17.2 Å². The number of carbonyl (C=O) groups excluding carboxylic acids is 1. The molecule has 4 nitrogen and oxygen atoms in total. The largest absolute Gasteiger partial charge is 0.491 e. The lowest BCUT2D eigenvalue weighted by atomic mass is 9.90. The molecule has 0 saturated carbocycles. The van der Waals surface area contributed by atoms with E-state index in [-0.39, 0.29) is 11.9 Å². The molecule has 0 aliphatic carbocycles. The highest BCUT2D eigenvalue weighted by Gasteiger charge is 2.21. The lowest BCUT2D eigenvalue weighted by Gasteiger charge is -2.22. The summed E-state index contributed by atoms with van der Waals surface area (Å²) in [6.45, 7) is 8.65. The number of rotatable bonds is 8. The van der Waals surface area contributed by atoms with E-state index < -0.39 is 0 Å². The van der Waals surface area contributed by atoms with Crippen LogP contribution in [0.2, 0.25) is 0 Å². The molecule has 1 atom stereocenters. The summed E-state index contributed by atoms with van der Waals surface area (Å²) in [4.78, 5) is 12.7. The zero-order valence-corrected chi connectivity index (χ0v) is 19.4. The van der Waals surface area contributed by atoms with Crippen molar-refractivity contribution >= 4 is 33.3 Å². The van der Waals surface area contributed by atoms with E-state index in [1.807, 2.05) is 67.6 Å². The van der Waals surface area contributed by atoms with Gasteiger partial charge in [-0.1, -0.05) is 77.0 Å². The van der Waals surface area contributed by atoms with Gasteiger partial charge in [-0.2, -0.15) is 0 Å². The van der Waals surface area contributed by atoms with Crippen LogP contribution in [0.25, 0.3) is 0 Å². The molecule has 3 aromatic carbocycles. The molecule has 2 N–H and O–H groups in total. The van der Waals surface area contributed by atoms with Crippen molar-refractivity contribution in [1.82, 2.24) is 0 Å². The molecule has 0 bridgehead atoms. The Hall–Kier alpha value is -3.05. The van der Waals surface area contributed by atoms with Crippen molar-refractivity contribution in [2.45, 2.75) is 26.2 Å². The fraction of sp³-hybridized carbons (Fsp3) is 0.192. The fourth-order valence-electron chi connectivity index (χ4n) is 3.33. The van der Waals surface area contributed by atoms with E-state index in [4.69, 9.17) is 4.74 Å². The number of ether oxygens (including phenoxy) is 1. The summed E-state index contributed by atoms with van der Waals surface area (Å²) < 4.78 is 6.98. The van der Waals surface area contributed by atoms with Gasteiger partial charge in [0.25, 0.3) is 0 Å². The topological polar surface area (TPSA) is 50.4 Å². The van der Waals surface area contributed by atoms with Gasteiger partial charge in [0.05, 0.1) is 12.3 Å². The molecule has 1 unspecified atom stereocenters. The van der Waals surface area contributed by atoms with Crippen LogP contribution in [0, 0.1) is 6.92 Å². The van der Waals surface area contributed by atoms with Gasteiger partial charge in [0.15, 0.2) is 0 Å². The van der Waals surface area contributed by atoms with Gasteiger partial charge >= 0.3 is 6.03 Å². The molecule has 0 aromatic heterocycles. The third-order valence-corrected chi connectivity index (χ3v) is 5.28. The van der Waals surface area contributed by atoms with Crippen molar-refractivity contribution in [3.63, 3.8) is 0 Å². The molecule has 0 radical (unpaired) electrons. The summed E-state index contributed by atoms with van der Waals surface area (Å²) in [5.74, 6) is 0.573. The van der Waals surface area contributed by atoms with Crippen LogP contribution in [0.4, 0.5) is 16.2 Å². The van der Waals surface area contributed by atoms with Crippen molar-refractivity contribution in [3.8, 4) is 5.75 Å². The van der Waals surface area contributed by atoms with Crippen LogP contribution in [-0.4, -0.2) is 12.6 Å². The first-order valence-electron chi connectivity index (χ1n) is 10.3. The molecule has 0 aliphatic heterocycles. The standard InChI is InChI=1S/C26H27BrN2O2/c1-4-15-31-25-23(22(5-2)19-9-7-6-8-10-19)16-20(27)17-24(25)29-26(30)28-21-13-11-18(3)12-14-21/h5-14,16-17,22H,2,4,15H2,1,3H3,(H2,28,29,30). The maximum Gasteiger partial charge on any atom is 0.323 e. The van der Waals surface area contributed by atoms with Crippen LogP contribution in [0.15, 0.2) is 83.9 Å². The average molecular weight is 479 g/mol. The smallest absolute Gasteiger partial charge is 0.323 e. The van der Waals surface area contributed by atoms with Gasteiger partial charge < -0.3 is 15.4 Å². The lowest BCUT2D eigenvalue weighted by Crippen LogP contribution is -2.20. The second-order valence-corrected chi connectivity index (χ2v) is 8.21. The van der Waals surface area contributed by atoms with Crippen molar-refractivity contribution in [3.05, 3.63) is 101 Å². The Labute approximate surface area is 192 Å². The summed E-state index contributed by atoms with van der Waals surface area (Å²) in [5.41, 5.74) is 4.50. The number of anilines is 2. The van der Waals surface area contributed by atoms with Crippen LogP contribution < -0.4 is 15.4 Å². The van der Waals surface area contributed by atoms with Gasteiger partial charge in [-0.3, -0.25) is 0 Å². The van der Waals surface area contributed by atoms with Gasteiger partial charge in [-0.15, -0.1) is 6.58 Å². The molecular formula is C26H27BrN2O2. The minimum absolute atomic E-state index is 0.0775. The first kappa shape index (κ1) is 22.6. The van der Waals surface area contributed by atoms with Crippen LogP contribution >= 0.6 is 15.9 Å². The second kappa shape index (κ2) is 10.8. The van der Waals surface area contributed by atoms with Gasteiger partial charge in [-0.05, 0) is 43.2 Å². The Bertz CT molecular complexity index is 1030. The number of nitrogens with one attached hydrogen (secondary N) is 2. The Kier molecular flexibility index (Phi) is 7.90. The molecule has 3 aromatic rings. The first-order chi connectivity index (χ1) is 15.0. The molecule has 5 heteroatoms. The summed E-state index contributed by atoms with van der Waals surface area (Å²) in [7, 11) is 0. The number of amides is 2. The number of aryl methyl sites for hydroxylation is 1. The van der Waals surface area contributed by atoms with Gasteiger partial charge in [0, 0.05) is 21.6 Å². The molecule has 2 amide bonds. The monoisotopic (exact) mass is 478 g/mol. The van der Waals surface area contributed by atoms with Crippen molar-refractivity contribution in [2.24, 2.45) is 0 Å². The Morgan fingerprint density at radius 1 is 1.10 bits per heavy atom. The van der Waals surface area contributed by atoms with Gasteiger partial charge in [-0.25, -0.2) is 4.79 Å². The number of benzene rings is 3. The minimum atomic E-state index is -0.330. The fourth-order valence-corrected chi connectivity index (χ4v) is 3.80. The van der Waals surface area contributed by atoms with E-state index in [2.05, 4.69) is 52.2 Å². The average Bonchev–Trinajstić information content (AvgIpc) is 2.76. The van der Waals surface area contributed by atoms with Crippen LogP contribution in [0.3, 0.4) is 0 Å². The van der Waals surface area contributed by atoms with Crippen molar-refractivity contribution in [1.29, 1.82) is 0 Å². The van der Waals surface area contributed by atoms with Crippen LogP contribution in [0.5, 0.6) is 5.75 Å². The third kappa shape index (κ3) is 5.98.